The molecule has 2 atom stereocenters. The van der Waals surface area contributed by atoms with Gasteiger partial charge in [0.1, 0.15) is 17.3 Å². The predicted octanol–water partition coefficient (Wildman–Crippen LogP) is 5.30. The van der Waals surface area contributed by atoms with E-state index in [2.05, 4.69) is 16.9 Å². The van der Waals surface area contributed by atoms with Crippen LogP contribution >= 0.6 is 0 Å². The Hall–Kier alpha value is -3.74. The van der Waals surface area contributed by atoms with Gasteiger partial charge in [-0.25, -0.2) is 17.6 Å². The van der Waals surface area contributed by atoms with Crippen molar-refractivity contribution in [3.05, 3.63) is 63.8 Å². The van der Waals surface area contributed by atoms with Crippen LogP contribution in [-0.4, -0.2) is 62.8 Å². The van der Waals surface area contributed by atoms with Crippen LogP contribution in [0.2, 0.25) is 0 Å². The summed E-state index contributed by atoms with van der Waals surface area (Å²) in [6.45, 7) is 6.48. The molecule has 0 saturated heterocycles. The summed E-state index contributed by atoms with van der Waals surface area (Å²) in [6, 6.07) is 10.7. The Morgan fingerprint density at radius 3 is 2.39 bits per heavy atom. The van der Waals surface area contributed by atoms with Gasteiger partial charge in [0, 0.05) is 25.0 Å². The highest BCUT2D eigenvalue weighted by atomic mass is 32.2. The Balaban J connectivity index is 1.73. The molecular weight excluding hydrogens is 582 g/mol. The maximum Gasteiger partial charge on any atom is 0.277 e. The van der Waals surface area contributed by atoms with Crippen LogP contribution < -0.4 is 23.7 Å². The zero-order valence-corrected chi connectivity index (χ0v) is 27.3. The van der Waals surface area contributed by atoms with Gasteiger partial charge < -0.3 is 23.7 Å². The van der Waals surface area contributed by atoms with Crippen molar-refractivity contribution in [1.29, 1.82) is 0 Å². The molecule has 2 heterocycles. The number of fused-ring (bicyclic) bond motifs is 1. The van der Waals surface area contributed by atoms with Crippen molar-refractivity contribution in [1.82, 2.24) is 23.5 Å². The van der Waals surface area contributed by atoms with Crippen molar-refractivity contribution < 1.29 is 23.0 Å². The number of imidazole rings is 1. The fraction of sp³-hybridized carbons (Fsp3) is 0.469. The summed E-state index contributed by atoms with van der Waals surface area (Å²) in [5, 5.41) is 4.81. The summed E-state index contributed by atoms with van der Waals surface area (Å²) < 4.78 is 43.4. The third-order valence-corrected chi connectivity index (χ3v) is 8.97. The highest BCUT2D eigenvalue weighted by Crippen LogP contribution is 2.35. The van der Waals surface area contributed by atoms with Crippen molar-refractivity contribution in [3.8, 4) is 28.6 Å². The van der Waals surface area contributed by atoms with E-state index in [0.717, 1.165) is 30.7 Å². The molecule has 0 aliphatic carbocycles. The van der Waals surface area contributed by atoms with E-state index in [1.165, 1.54) is 12.8 Å². The lowest BCUT2D eigenvalue weighted by molar-refractivity contribution is 0.341. The van der Waals surface area contributed by atoms with Crippen LogP contribution in [0.5, 0.6) is 17.2 Å². The number of H-pyrrole nitrogens is 1. The third-order valence-electron chi connectivity index (χ3n) is 7.92. The summed E-state index contributed by atoms with van der Waals surface area (Å²) >= 11 is -2.53. The van der Waals surface area contributed by atoms with E-state index < -0.39 is 15.2 Å². The number of aryl methyl sites for hydroxylation is 2. The van der Waals surface area contributed by atoms with Gasteiger partial charge >= 0.3 is 0 Å². The van der Waals surface area contributed by atoms with Gasteiger partial charge in [0.15, 0.2) is 34.1 Å². The number of aromatic nitrogens is 4. The molecule has 0 bridgehead atoms. The van der Waals surface area contributed by atoms with Gasteiger partial charge in [0.25, 0.3) is 5.56 Å². The fourth-order valence-corrected chi connectivity index (χ4v) is 5.88. The number of aromatic amines is 1. The molecule has 238 valence electrons. The first-order chi connectivity index (χ1) is 21.2. The number of unbranched alkanes of at least 4 members (excludes halogenated alkanes) is 4. The van der Waals surface area contributed by atoms with Crippen molar-refractivity contribution >= 4 is 22.5 Å². The van der Waals surface area contributed by atoms with Crippen LogP contribution in [0.25, 0.3) is 16.9 Å². The molecule has 1 N–H and O–H groups in total. The van der Waals surface area contributed by atoms with Crippen LogP contribution in [0, 0.1) is 6.92 Å². The number of nitrogens with zero attached hydrogens (tertiary/aromatic N) is 4. The zero-order valence-electron chi connectivity index (χ0n) is 26.5. The molecule has 0 spiro atoms. The van der Waals surface area contributed by atoms with Crippen molar-refractivity contribution in [3.63, 3.8) is 0 Å². The van der Waals surface area contributed by atoms with Crippen LogP contribution in [0.1, 0.15) is 63.0 Å². The second-order valence-electron chi connectivity index (χ2n) is 10.9. The number of methoxy groups -OCH3 is 2. The second-order valence-corrected chi connectivity index (χ2v) is 12.2. The Labute approximate surface area is 261 Å². The molecule has 44 heavy (non-hydrogen) atoms. The van der Waals surface area contributed by atoms with E-state index in [0.29, 0.717) is 59.2 Å². The number of ether oxygens (including phenoxy) is 3. The summed E-state index contributed by atoms with van der Waals surface area (Å²) in [5.41, 5.74) is 2.60. The molecule has 4 aromatic rings. The van der Waals surface area contributed by atoms with Gasteiger partial charge in [-0.2, -0.15) is 0 Å². The molecule has 0 aliphatic heterocycles. The number of hydrogen-bond donors (Lipinski definition) is 1. The minimum absolute atomic E-state index is 0.241. The number of rotatable bonds is 16. The third kappa shape index (κ3) is 7.14. The summed E-state index contributed by atoms with van der Waals surface area (Å²) in [4.78, 5) is 20.9. The first kappa shape index (κ1) is 33.2. The van der Waals surface area contributed by atoms with Crippen LogP contribution in [-0.2, 0) is 24.1 Å². The molecule has 2 aromatic heterocycles. The van der Waals surface area contributed by atoms with Gasteiger partial charge in [-0.3, -0.25) is 4.79 Å². The first-order valence-corrected chi connectivity index (χ1v) is 16.1. The second kappa shape index (κ2) is 14.8. The molecule has 2 aromatic carbocycles. The number of hydrogen-bond acceptors (Lipinski definition) is 8. The van der Waals surface area contributed by atoms with Crippen molar-refractivity contribution in [2.75, 3.05) is 34.4 Å². The fourth-order valence-electron chi connectivity index (χ4n) is 5.35. The Morgan fingerprint density at radius 2 is 1.70 bits per heavy atom. The zero-order chi connectivity index (χ0) is 31.9. The SMILES string of the molecule is CCCCCCCc1nc(C)c2c(=O)[nH]c(-c3cc([N+](C)(CCc4ccc(OC)c(OC)c4)S(=O)[O-])ccc3OCC)nn12. The molecule has 4 rings (SSSR count). The van der Waals surface area contributed by atoms with E-state index in [1.54, 1.807) is 50.0 Å². The van der Waals surface area contributed by atoms with Gasteiger partial charge in [-0.1, -0.05) is 38.7 Å². The summed E-state index contributed by atoms with van der Waals surface area (Å²) in [7, 11) is 4.77. The summed E-state index contributed by atoms with van der Waals surface area (Å²) in [5.74, 6) is 2.67. The lowest BCUT2D eigenvalue weighted by Crippen LogP contribution is -2.48. The Kier molecular flexibility index (Phi) is 11.2. The van der Waals surface area contributed by atoms with Crippen LogP contribution in [0.4, 0.5) is 5.69 Å². The van der Waals surface area contributed by atoms with E-state index >= 15 is 0 Å². The maximum absolute atomic E-state index is 13.3. The molecule has 0 fully saturated rings. The minimum atomic E-state index is -2.53. The highest BCUT2D eigenvalue weighted by molar-refractivity contribution is 7.78. The smallest absolute Gasteiger partial charge is 0.277 e. The lowest BCUT2D eigenvalue weighted by atomic mass is 10.1. The quantitative estimate of drug-likeness (QED) is 0.101. The van der Waals surface area contributed by atoms with Gasteiger partial charge in [0.05, 0.1) is 45.7 Å². The number of quaternary nitrogens is 1. The highest BCUT2D eigenvalue weighted by Gasteiger charge is 2.29. The first-order valence-electron chi connectivity index (χ1n) is 15.1. The van der Waals surface area contributed by atoms with E-state index in [9.17, 15) is 13.6 Å². The minimum Gasteiger partial charge on any atom is -0.724 e. The Morgan fingerprint density at radius 1 is 0.977 bits per heavy atom. The van der Waals surface area contributed by atoms with E-state index in [4.69, 9.17) is 19.3 Å². The lowest BCUT2D eigenvalue weighted by Gasteiger charge is -2.34. The maximum atomic E-state index is 13.3. The molecule has 0 radical (unpaired) electrons. The van der Waals surface area contributed by atoms with Crippen LogP contribution in [0.15, 0.2) is 41.2 Å². The van der Waals surface area contributed by atoms with Gasteiger partial charge in [-0.05, 0) is 44.0 Å². The normalized spacial score (nSPS) is 13.5. The number of likely N-dealkylation sites (N-methyl/N-ethyl adjacent to an activating group) is 1. The standard InChI is InChI=1S/C32H43N5O6S/c1-7-9-10-11-12-13-29-33-22(3)30-32(38)34-31(35-36(29)30)25-21-24(15-17-26(25)43-8-2)37(4,44(39)40)19-18-23-14-16-27(41-5)28(20-23)42-6/h14-17,20-21H,7-13,18-19H2,1-6H3,(H-,34,35,38,39,40). The monoisotopic (exact) mass is 625 g/mol. The molecule has 0 aliphatic rings. The van der Waals surface area contributed by atoms with Crippen LogP contribution in [0.3, 0.4) is 0 Å². The summed E-state index contributed by atoms with van der Waals surface area (Å²) in [6.07, 6.45) is 6.71. The van der Waals surface area contributed by atoms with Gasteiger partial charge in [-0.15, -0.1) is 5.10 Å². The molecule has 11 nitrogen and oxygen atoms in total. The van der Waals surface area contributed by atoms with E-state index in [1.807, 2.05) is 26.0 Å². The van der Waals surface area contributed by atoms with Crippen molar-refractivity contribution in [2.24, 2.45) is 0 Å². The van der Waals surface area contributed by atoms with E-state index in [-0.39, 0.29) is 17.9 Å². The molecule has 0 amide bonds. The largest absolute Gasteiger partial charge is 0.724 e. The predicted molar refractivity (Wildman–Crippen MR) is 172 cm³/mol. The molecular formula is C32H43N5O6S. The number of nitrogens with one attached hydrogen (secondary N) is 1. The van der Waals surface area contributed by atoms with Gasteiger partial charge in [0.2, 0.25) is 0 Å². The average molecular weight is 626 g/mol. The number of benzene rings is 2. The Bertz CT molecular complexity index is 1670. The molecule has 0 saturated carbocycles. The average Bonchev–Trinajstić information content (AvgIpc) is 3.34. The molecule has 2 unspecified atom stereocenters. The van der Waals surface area contributed by atoms with Crippen molar-refractivity contribution in [2.45, 2.75) is 65.7 Å². The molecule has 12 heteroatoms. The topological polar surface area (TPSA) is 131 Å².